The Bertz CT molecular complexity index is 458. The van der Waals surface area contributed by atoms with Crippen molar-refractivity contribution in [2.45, 2.75) is 46.0 Å². The normalized spacial score (nSPS) is 28.3. The third-order valence-electron chi connectivity index (χ3n) is 4.37. The van der Waals surface area contributed by atoms with Crippen LogP contribution in [0.15, 0.2) is 21.2 Å². The van der Waals surface area contributed by atoms with Gasteiger partial charge in [-0.3, -0.25) is 4.79 Å². The fourth-order valence-corrected chi connectivity index (χ4v) is 3.61. The maximum Gasteiger partial charge on any atom is 0.307 e. The standard InChI is InChI=1S/C15H21BrO3/c1-15(2,3)9-4-5-10(14(17)18)11(8-9)13-12(16)6-7-19-13/h6-7,9-11H,4-5,8H2,1-3H3,(H,17,18). The van der Waals surface area contributed by atoms with E-state index in [1.807, 2.05) is 6.07 Å². The lowest BCUT2D eigenvalue weighted by Gasteiger charge is -2.39. The van der Waals surface area contributed by atoms with Gasteiger partial charge in [0, 0.05) is 5.92 Å². The van der Waals surface area contributed by atoms with E-state index >= 15 is 0 Å². The van der Waals surface area contributed by atoms with Crippen LogP contribution in [-0.4, -0.2) is 11.1 Å². The number of rotatable bonds is 2. The first kappa shape index (κ1) is 14.6. The molecule has 106 valence electrons. The van der Waals surface area contributed by atoms with Gasteiger partial charge in [0.1, 0.15) is 5.76 Å². The summed E-state index contributed by atoms with van der Waals surface area (Å²) >= 11 is 3.46. The first-order chi connectivity index (χ1) is 8.80. The lowest BCUT2D eigenvalue weighted by atomic mass is 9.65. The summed E-state index contributed by atoms with van der Waals surface area (Å²) in [6.45, 7) is 6.69. The SMILES string of the molecule is CC(C)(C)C1CCC(C(=O)O)C(c2occc2Br)C1. The Balaban J connectivity index is 2.28. The molecule has 1 aliphatic rings. The summed E-state index contributed by atoms with van der Waals surface area (Å²) in [6, 6.07) is 1.84. The molecule has 1 aromatic rings. The molecule has 3 unspecified atom stereocenters. The second kappa shape index (κ2) is 5.31. The van der Waals surface area contributed by atoms with Crippen LogP contribution >= 0.6 is 15.9 Å². The average Bonchev–Trinajstić information content (AvgIpc) is 2.73. The van der Waals surface area contributed by atoms with Gasteiger partial charge in [0.15, 0.2) is 0 Å². The Morgan fingerprint density at radius 1 is 1.42 bits per heavy atom. The second-order valence-electron chi connectivity index (χ2n) is 6.56. The van der Waals surface area contributed by atoms with Crippen LogP contribution in [0.2, 0.25) is 0 Å². The van der Waals surface area contributed by atoms with Crippen LogP contribution in [0.1, 0.15) is 51.7 Å². The fourth-order valence-electron chi connectivity index (χ4n) is 3.11. The van der Waals surface area contributed by atoms with Gasteiger partial charge in [0.25, 0.3) is 0 Å². The lowest BCUT2D eigenvalue weighted by molar-refractivity contribution is -0.144. The van der Waals surface area contributed by atoms with Crippen LogP contribution in [0.25, 0.3) is 0 Å². The van der Waals surface area contributed by atoms with Gasteiger partial charge in [-0.2, -0.15) is 0 Å². The highest BCUT2D eigenvalue weighted by Gasteiger charge is 2.41. The Labute approximate surface area is 122 Å². The average molecular weight is 329 g/mol. The lowest BCUT2D eigenvalue weighted by Crippen LogP contribution is -2.34. The van der Waals surface area contributed by atoms with Gasteiger partial charge >= 0.3 is 5.97 Å². The fraction of sp³-hybridized carbons (Fsp3) is 0.667. The molecule has 1 N–H and O–H groups in total. The van der Waals surface area contributed by atoms with Crippen molar-refractivity contribution in [2.75, 3.05) is 0 Å². The highest BCUT2D eigenvalue weighted by Crippen LogP contribution is 2.48. The monoisotopic (exact) mass is 328 g/mol. The number of hydrogen-bond acceptors (Lipinski definition) is 2. The quantitative estimate of drug-likeness (QED) is 0.857. The predicted octanol–water partition coefficient (Wildman–Crippen LogP) is 4.67. The zero-order valence-electron chi connectivity index (χ0n) is 11.6. The topological polar surface area (TPSA) is 50.4 Å². The molecule has 0 aromatic carbocycles. The van der Waals surface area contributed by atoms with E-state index in [0.717, 1.165) is 29.5 Å². The molecule has 3 nitrogen and oxygen atoms in total. The highest BCUT2D eigenvalue weighted by molar-refractivity contribution is 9.10. The molecule has 2 rings (SSSR count). The van der Waals surface area contributed by atoms with Crippen molar-refractivity contribution in [3.63, 3.8) is 0 Å². The number of aliphatic carboxylic acids is 1. The van der Waals surface area contributed by atoms with E-state index in [1.54, 1.807) is 6.26 Å². The summed E-state index contributed by atoms with van der Waals surface area (Å²) in [5, 5.41) is 9.43. The van der Waals surface area contributed by atoms with E-state index in [1.165, 1.54) is 0 Å². The van der Waals surface area contributed by atoms with Crippen LogP contribution in [0.5, 0.6) is 0 Å². The summed E-state index contributed by atoms with van der Waals surface area (Å²) in [7, 11) is 0. The van der Waals surface area contributed by atoms with Gasteiger partial charge < -0.3 is 9.52 Å². The zero-order valence-corrected chi connectivity index (χ0v) is 13.2. The molecule has 19 heavy (non-hydrogen) atoms. The van der Waals surface area contributed by atoms with Crippen LogP contribution < -0.4 is 0 Å². The molecular formula is C15H21BrO3. The molecule has 1 saturated carbocycles. The first-order valence-electron chi connectivity index (χ1n) is 6.76. The summed E-state index contributed by atoms with van der Waals surface area (Å²) < 4.78 is 6.42. The van der Waals surface area contributed by atoms with Crippen LogP contribution in [0.3, 0.4) is 0 Å². The van der Waals surface area contributed by atoms with Gasteiger partial charge in [-0.1, -0.05) is 20.8 Å². The van der Waals surface area contributed by atoms with Crippen molar-refractivity contribution in [3.8, 4) is 0 Å². The molecular weight excluding hydrogens is 308 g/mol. The van der Waals surface area contributed by atoms with Crippen molar-refractivity contribution in [1.82, 2.24) is 0 Å². The third-order valence-corrected chi connectivity index (χ3v) is 5.03. The molecule has 0 spiro atoms. The van der Waals surface area contributed by atoms with E-state index in [4.69, 9.17) is 4.42 Å². The first-order valence-corrected chi connectivity index (χ1v) is 7.55. The van der Waals surface area contributed by atoms with E-state index < -0.39 is 5.97 Å². The number of carbonyl (C=O) groups is 1. The maximum absolute atomic E-state index is 11.5. The van der Waals surface area contributed by atoms with E-state index in [-0.39, 0.29) is 17.3 Å². The molecule has 0 saturated heterocycles. The van der Waals surface area contributed by atoms with Crippen LogP contribution in [0, 0.1) is 17.3 Å². The Hall–Kier alpha value is -0.770. The number of carboxylic acids is 1. The molecule has 0 bridgehead atoms. The zero-order chi connectivity index (χ0) is 14.2. The van der Waals surface area contributed by atoms with Crippen LogP contribution in [0.4, 0.5) is 0 Å². The van der Waals surface area contributed by atoms with Gasteiger partial charge in [-0.05, 0) is 52.6 Å². The molecule has 0 radical (unpaired) electrons. The van der Waals surface area contributed by atoms with Crippen molar-refractivity contribution >= 4 is 21.9 Å². The van der Waals surface area contributed by atoms with Crippen molar-refractivity contribution in [2.24, 2.45) is 17.3 Å². The Morgan fingerprint density at radius 2 is 2.11 bits per heavy atom. The number of furan rings is 1. The largest absolute Gasteiger partial charge is 0.481 e. The number of halogens is 1. The molecule has 1 aliphatic carbocycles. The van der Waals surface area contributed by atoms with Gasteiger partial charge in [0.05, 0.1) is 16.7 Å². The van der Waals surface area contributed by atoms with Crippen molar-refractivity contribution in [1.29, 1.82) is 0 Å². The molecule has 4 heteroatoms. The van der Waals surface area contributed by atoms with Crippen molar-refractivity contribution < 1.29 is 14.3 Å². The maximum atomic E-state index is 11.5. The smallest absolute Gasteiger partial charge is 0.307 e. The third kappa shape index (κ3) is 3.04. The minimum atomic E-state index is -0.708. The van der Waals surface area contributed by atoms with Gasteiger partial charge in [-0.25, -0.2) is 0 Å². The summed E-state index contributed by atoms with van der Waals surface area (Å²) in [4.78, 5) is 11.5. The summed E-state index contributed by atoms with van der Waals surface area (Å²) in [5.41, 5.74) is 0.209. The molecule has 1 aromatic heterocycles. The second-order valence-corrected chi connectivity index (χ2v) is 7.41. The van der Waals surface area contributed by atoms with E-state index in [2.05, 4.69) is 36.7 Å². The van der Waals surface area contributed by atoms with Gasteiger partial charge in [0.2, 0.25) is 0 Å². The molecule has 3 atom stereocenters. The van der Waals surface area contributed by atoms with Gasteiger partial charge in [-0.15, -0.1) is 0 Å². The minimum absolute atomic E-state index is 0.0279. The molecule has 1 fully saturated rings. The summed E-state index contributed by atoms with van der Waals surface area (Å²) in [6.07, 6.45) is 4.22. The molecule has 0 aliphatic heterocycles. The number of carboxylic acid groups (broad SMARTS) is 1. The number of hydrogen-bond donors (Lipinski definition) is 1. The van der Waals surface area contributed by atoms with E-state index in [0.29, 0.717) is 5.92 Å². The van der Waals surface area contributed by atoms with Crippen LogP contribution in [-0.2, 0) is 4.79 Å². The minimum Gasteiger partial charge on any atom is -0.481 e. The Kier molecular flexibility index (Phi) is 4.09. The highest BCUT2D eigenvalue weighted by atomic mass is 79.9. The Morgan fingerprint density at radius 3 is 2.58 bits per heavy atom. The van der Waals surface area contributed by atoms with Crippen molar-refractivity contribution in [3.05, 3.63) is 22.6 Å². The predicted molar refractivity (Wildman–Crippen MR) is 77.1 cm³/mol. The summed E-state index contributed by atoms with van der Waals surface area (Å²) in [5.74, 6) is 0.257. The molecule has 1 heterocycles. The molecule has 0 amide bonds. The van der Waals surface area contributed by atoms with E-state index in [9.17, 15) is 9.90 Å².